The summed E-state index contributed by atoms with van der Waals surface area (Å²) in [5.41, 5.74) is 11.4. The minimum absolute atomic E-state index is 0.0547. The van der Waals surface area contributed by atoms with Crippen molar-refractivity contribution >= 4 is 5.91 Å². The third-order valence-electron chi connectivity index (χ3n) is 4.80. The van der Waals surface area contributed by atoms with Crippen molar-refractivity contribution in [1.82, 2.24) is 15.1 Å². The number of hydrogen-bond donors (Lipinski definition) is 2. The lowest BCUT2D eigenvalue weighted by Crippen LogP contribution is -2.27. The molecule has 0 saturated carbocycles. The Morgan fingerprint density at radius 2 is 1.70 bits per heavy atom. The average molecular weight is 362 g/mol. The molecule has 140 valence electrons. The van der Waals surface area contributed by atoms with Crippen molar-refractivity contribution in [2.75, 3.05) is 0 Å². The molecule has 1 unspecified atom stereocenters. The number of hydrogen-bond acceptors (Lipinski definition) is 3. The van der Waals surface area contributed by atoms with Crippen LogP contribution in [0.3, 0.4) is 0 Å². The molecule has 0 aliphatic heterocycles. The molecule has 0 aliphatic carbocycles. The van der Waals surface area contributed by atoms with Crippen LogP contribution in [0.1, 0.15) is 40.5 Å². The Morgan fingerprint density at radius 3 is 2.37 bits per heavy atom. The minimum atomic E-state index is -0.297. The minimum Gasteiger partial charge on any atom is -0.352 e. The highest BCUT2D eigenvalue weighted by atomic mass is 16.1. The lowest BCUT2D eigenvalue weighted by molar-refractivity contribution is -0.121. The van der Waals surface area contributed by atoms with Gasteiger partial charge in [-0.15, -0.1) is 0 Å². The van der Waals surface area contributed by atoms with Crippen LogP contribution in [0.2, 0.25) is 0 Å². The van der Waals surface area contributed by atoms with Gasteiger partial charge in [0.05, 0.1) is 12.2 Å². The Morgan fingerprint density at radius 1 is 1.07 bits per heavy atom. The summed E-state index contributed by atoms with van der Waals surface area (Å²) < 4.78 is 1.99. The fraction of sp³-hybridized carbons (Fsp3) is 0.273. The molecule has 0 bridgehead atoms. The van der Waals surface area contributed by atoms with Crippen molar-refractivity contribution in [2.24, 2.45) is 5.73 Å². The molecule has 0 spiro atoms. The number of rotatable bonds is 7. The van der Waals surface area contributed by atoms with Gasteiger partial charge in [0, 0.05) is 30.3 Å². The molecule has 0 saturated heterocycles. The molecule has 0 radical (unpaired) electrons. The molecule has 0 fully saturated rings. The van der Waals surface area contributed by atoms with E-state index >= 15 is 0 Å². The molecule has 1 atom stereocenters. The van der Waals surface area contributed by atoms with Gasteiger partial charge in [-0.3, -0.25) is 9.48 Å². The molecule has 1 amide bonds. The highest BCUT2D eigenvalue weighted by molar-refractivity contribution is 5.76. The van der Waals surface area contributed by atoms with Crippen LogP contribution >= 0.6 is 0 Å². The van der Waals surface area contributed by atoms with E-state index in [0.29, 0.717) is 6.54 Å². The molecule has 1 aromatic heterocycles. The normalized spacial score (nSPS) is 12.0. The van der Waals surface area contributed by atoms with Crippen LogP contribution in [0.4, 0.5) is 0 Å². The summed E-state index contributed by atoms with van der Waals surface area (Å²) >= 11 is 0. The molecular formula is C22H26N4O. The zero-order valence-electron chi connectivity index (χ0n) is 15.9. The highest BCUT2D eigenvalue weighted by Crippen LogP contribution is 2.16. The summed E-state index contributed by atoms with van der Waals surface area (Å²) in [4.78, 5) is 12.3. The van der Waals surface area contributed by atoms with Crippen LogP contribution in [0.25, 0.3) is 0 Å². The van der Waals surface area contributed by atoms with Crippen molar-refractivity contribution < 1.29 is 4.79 Å². The second-order valence-electron chi connectivity index (χ2n) is 6.79. The molecule has 0 aliphatic rings. The van der Waals surface area contributed by atoms with Crippen molar-refractivity contribution in [3.05, 3.63) is 88.7 Å². The van der Waals surface area contributed by atoms with Crippen LogP contribution < -0.4 is 11.1 Å². The number of nitrogens with zero attached hydrogens (tertiary/aromatic N) is 2. The zero-order valence-corrected chi connectivity index (χ0v) is 15.9. The van der Waals surface area contributed by atoms with Gasteiger partial charge in [0.2, 0.25) is 5.91 Å². The van der Waals surface area contributed by atoms with Gasteiger partial charge in [-0.1, -0.05) is 60.7 Å². The number of nitrogens with one attached hydrogen (secondary N) is 1. The quantitative estimate of drug-likeness (QED) is 0.678. The zero-order chi connectivity index (χ0) is 19.2. The maximum atomic E-state index is 12.3. The van der Waals surface area contributed by atoms with E-state index in [1.807, 2.05) is 67.1 Å². The number of aromatic nitrogens is 2. The molecule has 5 heteroatoms. The van der Waals surface area contributed by atoms with Crippen LogP contribution in [-0.4, -0.2) is 15.7 Å². The van der Waals surface area contributed by atoms with E-state index in [4.69, 9.17) is 5.73 Å². The summed E-state index contributed by atoms with van der Waals surface area (Å²) in [6, 6.07) is 19.6. The van der Waals surface area contributed by atoms with Crippen LogP contribution in [0, 0.1) is 13.8 Å². The molecule has 27 heavy (non-hydrogen) atoms. The van der Waals surface area contributed by atoms with Gasteiger partial charge >= 0.3 is 0 Å². The van der Waals surface area contributed by atoms with E-state index in [2.05, 4.69) is 22.5 Å². The van der Waals surface area contributed by atoms with Crippen LogP contribution in [-0.2, 0) is 17.9 Å². The van der Waals surface area contributed by atoms with Crippen molar-refractivity contribution in [3.8, 4) is 0 Å². The van der Waals surface area contributed by atoms with E-state index in [9.17, 15) is 4.79 Å². The largest absolute Gasteiger partial charge is 0.352 e. The third kappa shape index (κ3) is 4.83. The molecule has 5 nitrogen and oxygen atoms in total. The first-order chi connectivity index (χ1) is 13.0. The molecule has 2 aromatic carbocycles. The summed E-state index contributed by atoms with van der Waals surface area (Å²) in [6.45, 7) is 5.21. The predicted molar refractivity (Wildman–Crippen MR) is 107 cm³/mol. The Balaban J connectivity index is 1.60. The first-order valence-corrected chi connectivity index (χ1v) is 9.18. The van der Waals surface area contributed by atoms with Gasteiger partial charge in [-0.05, 0) is 25.0 Å². The van der Waals surface area contributed by atoms with Crippen LogP contribution in [0.15, 0.2) is 60.7 Å². The Kier molecular flexibility index (Phi) is 6.04. The average Bonchev–Trinajstić information content (AvgIpc) is 2.94. The summed E-state index contributed by atoms with van der Waals surface area (Å²) in [5, 5.41) is 7.62. The maximum absolute atomic E-state index is 12.3. The summed E-state index contributed by atoms with van der Waals surface area (Å²) in [5.74, 6) is -0.0547. The SMILES string of the molecule is Cc1nn(Cc2ccccc2)c(C)c1CNC(=O)CC(N)c1ccccc1. The van der Waals surface area contributed by atoms with Crippen molar-refractivity contribution in [3.63, 3.8) is 0 Å². The third-order valence-corrected chi connectivity index (χ3v) is 4.80. The number of carbonyl (C=O) groups excluding carboxylic acids is 1. The van der Waals surface area contributed by atoms with E-state index in [0.717, 1.165) is 29.1 Å². The van der Waals surface area contributed by atoms with Gasteiger partial charge < -0.3 is 11.1 Å². The maximum Gasteiger partial charge on any atom is 0.222 e. The lowest BCUT2D eigenvalue weighted by Gasteiger charge is -2.12. The second kappa shape index (κ2) is 8.64. The van der Waals surface area contributed by atoms with Gasteiger partial charge in [-0.25, -0.2) is 0 Å². The Bertz CT molecular complexity index is 887. The fourth-order valence-corrected chi connectivity index (χ4v) is 3.18. The number of benzene rings is 2. The van der Waals surface area contributed by atoms with E-state index in [-0.39, 0.29) is 18.4 Å². The summed E-state index contributed by atoms with van der Waals surface area (Å²) in [7, 11) is 0. The number of nitrogens with two attached hydrogens (primary N) is 1. The Hall–Kier alpha value is -2.92. The van der Waals surface area contributed by atoms with E-state index in [1.54, 1.807) is 0 Å². The smallest absolute Gasteiger partial charge is 0.222 e. The number of aryl methyl sites for hydroxylation is 1. The predicted octanol–water partition coefficient (Wildman–Crippen LogP) is 3.25. The van der Waals surface area contributed by atoms with E-state index < -0.39 is 0 Å². The van der Waals surface area contributed by atoms with E-state index in [1.165, 1.54) is 5.56 Å². The first-order valence-electron chi connectivity index (χ1n) is 9.18. The standard InChI is InChI=1S/C22H26N4O/c1-16-20(17(2)26(25-16)15-18-9-5-3-6-10-18)14-24-22(27)13-21(23)19-11-7-4-8-12-19/h3-12,21H,13-15,23H2,1-2H3,(H,24,27). The van der Waals surface area contributed by atoms with Gasteiger partial charge in [0.1, 0.15) is 0 Å². The number of carbonyl (C=O) groups is 1. The second-order valence-corrected chi connectivity index (χ2v) is 6.79. The lowest BCUT2D eigenvalue weighted by atomic mass is 10.0. The molecule has 3 N–H and O–H groups in total. The topological polar surface area (TPSA) is 72.9 Å². The van der Waals surface area contributed by atoms with Gasteiger partial charge in [0.15, 0.2) is 0 Å². The van der Waals surface area contributed by atoms with Crippen molar-refractivity contribution in [1.29, 1.82) is 0 Å². The Labute approximate surface area is 160 Å². The van der Waals surface area contributed by atoms with Gasteiger partial charge in [0.25, 0.3) is 0 Å². The first kappa shape index (κ1) is 18.9. The molecule has 3 aromatic rings. The number of amides is 1. The van der Waals surface area contributed by atoms with Crippen molar-refractivity contribution in [2.45, 2.75) is 39.4 Å². The van der Waals surface area contributed by atoms with Crippen LogP contribution in [0.5, 0.6) is 0 Å². The molecule has 3 rings (SSSR count). The molecule has 1 heterocycles. The summed E-state index contributed by atoms with van der Waals surface area (Å²) in [6.07, 6.45) is 0.264. The highest BCUT2D eigenvalue weighted by Gasteiger charge is 2.15. The monoisotopic (exact) mass is 362 g/mol. The fourth-order valence-electron chi connectivity index (χ4n) is 3.18. The molecular weight excluding hydrogens is 336 g/mol. The van der Waals surface area contributed by atoms with Gasteiger partial charge in [-0.2, -0.15) is 5.10 Å².